The van der Waals surface area contributed by atoms with Gasteiger partial charge < -0.3 is 9.47 Å². The van der Waals surface area contributed by atoms with Crippen molar-refractivity contribution in [3.05, 3.63) is 35.6 Å². The zero-order valence-electron chi connectivity index (χ0n) is 8.50. The molecule has 1 rings (SSSR count). The Kier molecular flexibility index (Phi) is 4.56. The van der Waals surface area contributed by atoms with E-state index in [1.165, 1.54) is 12.1 Å². The summed E-state index contributed by atoms with van der Waals surface area (Å²) in [7, 11) is 0. The second-order valence-electron chi connectivity index (χ2n) is 2.79. The molecule has 0 amide bonds. The second-order valence-corrected chi connectivity index (χ2v) is 2.79. The van der Waals surface area contributed by atoms with Crippen molar-refractivity contribution in [1.82, 2.24) is 0 Å². The molecule has 0 aliphatic rings. The van der Waals surface area contributed by atoms with Gasteiger partial charge in [0, 0.05) is 18.8 Å². The van der Waals surface area contributed by atoms with Gasteiger partial charge in [0.2, 0.25) is 0 Å². The molecule has 1 aromatic carbocycles. The maximum atomic E-state index is 12.6. The van der Waals surface area contributed by atoms with Crippen LogP contribution in [0.5, 0.6) is 0 Å². The van der Waals surface area contributed by atoms with E-state index in [9.17, 15) is 4.39 Å². The topological polar surface area (TPSA) is 18.5 Å². The lowest BCUT2D eigenvalue weighted by Crippen LogP contribution is -2.08. The Balaban J connectivity index is 2.71. The van der Waals surface area contributed by atoms with Crippen LogP contribution in [0, 0.1) is 5.82 Å². The van der Waals surface area contributed by atoms with E-state index in [0.29, 0.717) is 13.2 Å². The minimum absolute atomic E-state index is 0.250. The van der Waals surface area contributed by atoms with Crippen molar-refractivity contribution in [2.45, 2.75) is 20.1 Å². The first-order valence-corrected chi connectivity index (χ1v) is 4.76. The van der Waals surface area contributed by atoms with Gasteiger partial charge in [-0.2, -0.15) is 0 Å². The van der Waals surface area contributed by atoms with E-state index in [1.54, 1.807) is 12.1 Å². The first-order chi connectivity index (χ1) is 6.77. The maximum Gasteiger partial charge on any atom is 0.183 e. The average Bonchev–Trinajstić information content (AvgIpc) is 2.19. The molecule has 0 saturated heterocycles. The summed E-state index contributed by atoms with van der Waals surface area (Å²) in [5.41, 5.74) is 0.843. The minimum atomic E-state index is -0.384. The van der Waals surface area contributed by atoms with Crippen molar-refractivity contribution in [3.8, 4) is 0 Å². The Labute approximate surface area is 83.6 Å². The zero-order chi connectivity index (χ0) is 10.4. The summed E-state index contributed by atoms with van der Waals surface area (Å²) >= 11 is 0. The monoisotopic (exact) mass is 198 g/mol. The third-order valence-corrected chi connectivity index (χ3v) is 1.78. The van der Waals surface area contributed by atoms with Crippen LogP contribution in [0.3, 0.4) is 0 Å². The quantitative estimate of drug-likeness (QED) is 0.677. The Morgan fingerprint density at radius 1 is 1.07 bits per heavy atom. The van der Waals surface area contributed by atoms with E-state index in [2.05, 4.69) is 0 Å². The zero-order valence-corrected chi connectivity index (χ0v) is 8.50. The molecule has 3 heteroatoms. The molecule has 0 aliphatic carbocycles. The molecule has 14 heavy (non-hydrogen) atoms. The van der Waals surface area contributed by atoms with Crippen molar-refractivity contribution in [3.63, 3.8) is 0 Å². The number of halogens is 1. The summed E-state index contributed by atoms with van der Waals surface area (Å²) < 4.78 is 23.4. The van der Waals surface area contributed by atoms with Gasteiger partial charge in [0.15, 0.2) is 6.29 Å². The molecular weight excluding hydrogens is 183 g/mol. The molecule has 0 bridgehead atoms. The van der Waals surface area contributed by atoms with Gasteiger partial charge in [-0.25, -0.2) is 4.39 Å². The van der Waals surface area contributed by atoms with Crippen molar-refractivity contribution in [2.24, 2.45) is 0 Å². The van der Waals surface area contributed by atoms with Crippen LogP contribution in [-0.4, -0.2) is 13.2 Å². The van der Waals surface area contributed by atoms with Gasteiger partial charge in [0.25, 0.3) is 0 Å². The SMILES string of the molecule is CCOC(OCC)c1ccc(F)cc1. The molecule has 0 radical (unpaired) electrons. The average molecular weight is 198 g/mol. The van der Waals surface area contributed by atoms with E-state index < -0.39 is 0 Å². The van der Waals surface area contributed by atoms with Crippen molar-refractivity contribution in [1.29, 1.82) is 0 Å². The summed E-state index contributed by atoms with van der Waals surface area (Å²) in [6.45, 7) is 4.94. The maximum absolute atomic E-state index is 12.6. The molecule has 0 unspecified atom stereocenters. The van der Waals surface area contributed by atoms with Crippen LogP contribution < -0.4 is 0 Å². The number of ether oxygens (including phenoxy) is 2. The van der Waals surface area contributed by atoms with Gasteiger partial charge in [0.1, 0.15) is 5.82 Å². The highest BCUT2D eigenvalue weighted by Gasteiger charge is 2.10. The van der Waals surface area contributed by atoms with Crippen molar-refractivity contribution < 1.29 is 13.9 Å². The summed E-state index contributed by atoms with van der Waals surface area (Å²) in [5.74, 6) is -0.250. The van der Waals surface area contributed by atoms with E-state index in [1.807, 2.05) is 13.8 Å². The van der Waals surface area contributed by atoms with Gasteiger partial charge in [-0.15, -0.1) is 0 Å². The largest absolute Gasteiger partial charge is 0.349 e. The molecule has 0 atom stereocenters. The first-order valence-electron chi connectivity index (χ1n) is 4.76. The van der Waals surface area contributed by atoms with Crippen LogP contribution in [0.1, 0.15) is 25.7 Å². The highest BCUT2D eigenvalue weighted by atomic mass is 19.1. The summed E-state index contributed by atoms with van der Waals surface area (Å²) in [5, 5.41) is 0. The van der Waals surface area contributed by atoms with E-state index >= 15 is 0 Å². The van der Waals surface area contributed by atoms with Crippen LogP contribution in [0.2, 0.25) is 0 Å². The van der Waals surface area contributed by atoms with E-state index in [0.717, 1.165) is 5.56 Å². The molecule has 0 saturated carbocycles. The summed E-state index contributed by atoms with van der Waals surface area (Å²) in [4.78, 5) is 0. The van der Waals surface area contributed by atoms with E-state index in [4.69, 9.17) is 9.47 Å². The molecule has 0 heterocycles. The number of hydrogen-bond acceptors (Lipinski definition) is 2. The van der Waals surface area contributed by atoms with Gasteiger partial charge >= 0.3 is 0 Å². The third kappa shape index (κ3) is 3.09. The fourth-order valence-corrected chi connectivity index (χ4v) is 1.16. The van der Waals surface area contributed by atoms with Crippen molar-refractivity contribution >= 4 is 0 Å². The molecule has 0 spiro atoms. The predicted octanol–water partition coefficient (Wildman–Crippen LogP) is 2.90. The van der Waals surface area contributed by atoms with Crippen LogP contribution in [0.25, 0.3) is 0 Å². The molecule has 0 fully saturated rings. The Bertz CT molecular complexity index is 252. The highest BCUT2D eigenvalue weighted by Crippen LogP contribution is 2.18. The number of benzene rings is 1. The molecule has 0 N–H and O–H groups in total. The molecular formula is C11H15FO2. The molecule has 0 aliphatic heterocycles. The lowest BCUT2D eigenvalue weighted by Gasteiger charge is -2.16. The van der Waals surface area contributed by atoms with Crippen LogP contribution in [0.4, 0.5) is 4.39 Å². The van der Waals surface area contributed by atoms with Crippen molar-refractivity contribution in [2.75, 3.05) is 13.2 Å². The molecule has 2 nitrogen and oxygen atoms in total. The van der Waals surface area contributed by atoms with Gasteiger partial charge in [-0.1, -0.05) is 12.1 Å². The Morgan fingerprint density at radius 2 is 1.57 bits per heavy atom. The smallest absolute Gasteiger partial charge is 0.183 e. The summed E-state index contributed by atoms with van der Waals surface area (Å²) in [6.07, 6.45) is -0.384. The van der Waals surface area contributed by atoms with Gasteiger partial charge in [0.05, 0.1) is 0 Å². The third-order valence-electron chi connectivity index (χ3n) is 1.78. The first kappa shape index (κ1) is 11.1. The fraction of sp³-hybridized carbons (Fsp3) is 0.455. The molecule has 1 aromatic rings. The van der Waals surface area contributed by atoms with Crippen LogP contribution >= 0.6 is 0 Å². The fourth-order valence-electron chi connectivity index (χ4n) is 1.16. The lowest BCUT2D eigenvalue weighted by atomic mass is 10.2. The van der Waals surface area contributed by atoms with Crippen LogP contribution in [-0.2, 0) is 9.47 Å². The van der Waals surface area contributed by atoms with Gasteiger partial charge in [-0.3, -0.25) is 0 Å². The van der Waals surface area contributed by atoms with E-state index in [-0.39, 0.29) is 12.1 Å². The standard InChI is InChI=1S/C11H15FO2/c1-3-13-11(14-4-2)9-5-7-10(12)8-6-9/h5-8,11H,3-4H2,1-2H3. The Hall–Kier alpha value is -0.930. The molecule has 78 valence electrons. The Morgan fingerprint density at radius 3 is 2.00 bits per heavy atom. The highest BCUT2D eigenvalue weighted by molar-refractivity contribution is 5.17. The normalized spacial score (nSPS) is 10.9. The predicted molar refractivity (Wildman–Crippen MR) is 52.4 cm³/mol. The second kappa shape index (κ2) is 5.73. The molecule has 0 aromatic heterocycles. The van der Waals surface area contributed by atoms with Crippen LogP contribution in [0.15, 0.2) is 24.3 Å². The minimum Gasteiger partial charge on any atom is -0.349 e. The van der Waals surface area contributed by atoms with Gasteiger partial charge in [-0.05, 0) is 26.0 Å². The number of rotatable bonds is 5. The lowest BCUT2D eigenvalue weighted by molar-refractivity contribution is -0.140. The summed E-state index contributed by atoms with van der Waals surface area (Å²) in [6, 6.07) is 6.15. The number of hydrogen-bond donors (Lipinski definition) is 0.